The number of halogens is 3. The molecule has 3 nitrogen and oxygen atoms in total. The van der Waals surface area contributed by atoms with E-state index in [-0.39, 0.29) is 0 Å². The van der Waals surface area contributed by atoms with Crippen molar-refractivity contribution in [3.8, 4) is 11.1 Å². The largest absolute Gasteiger partial charge is 0.416 e. The third-order valence-electron chi connectivity index (χ3n) is 6.08. The number of likely N-dealkylation sites (N-methyl/N-ethyl adjacent to an activating group) is 1. The Hall–Kier alpha value is -1.89. The van der Waals surface area contributed by atoms with Crippen LogP contribution < -0.4 is 5.32 Å². The zero-order chi connectivity index (χ0) is 20.4. The average Bonchev–Trinajstić information content (AvgIpc) is 3.49. The van der Waals surface area contributed by atoms with Crippen molar-refractivity contribution in [2.75, 3.05) is 46.3 Å². The Labute approximate surface area is 170 Å². The molecule has 29 heavy (non-hydrogen) atoms. The van der Waals surface area contributed by atoms with Crippen molar-refractivity contribution in [3.63, 3.8) is 0 Å². The molecule has 1 saturated heterocycles. The Kier molecular flexibility index (Phi) is 5.95. The van der Waals surface area contributed by atoms with E-state index in [1.807, 2.05) is 12.1 Å². The van der Waals surface area contributed by atoms with Crippen LogP contribution in [0.2, 0.25) is 0 Å². The smallest absolute Gasteiger partial charge is 0.312 e. The van der Waals surface area contributed by atoms with Crippen molar-refractivity contribution in [3.05, 3.63) is 59.7 Å². The minimum atomic E-state index is -4.31. The fourth-order valence-corrected chi connectivity index (χ4v) is 4.07. The van der Waals surface area contributed by atoms with Gasteiger partial charge in [-0.3, -0.25) is 4.90 Å². The highest BCUT2D eigenvalue weighted by Gasteiger charge is 2.37. The molecule has 0 bridgehead atoms. The molecule has 0 amide bonds. The number of nitrogens with zero attached hydrogens (tertiary/aromatic N) is 2. The fraction of sp³-hybridized carbons (Fsp3) is 0.478. The number of rotatable bonds is 6. The molecule has 0 radical (unpaired) electrons. The monoisotopic (exact) mass is 403 g/mol. The topological polar surface area (TPSA) is 18.5 Å². The number of alkyl halides is 3. The number of hydrogen-bond acceptors (Lipinski definition) is 3. The van der Waals surface area contributed by atoms with E-state index in [1.165, 1.54) is 17.7 Å². The van der Waals surface area contributed by atoms with Crippen LogP contribution in [-0.2, 0) is 6.18 Å². The molecular weight excluding hydrogens is 375 g/mol. The number of nitrogens with one attached hydrogen (secondary N) is 1. The van der Waals surface area contributed by atoms with Gasteiger partial charge in [0.15, 0.2) is 0 Å². The molecule has 1 N–H and O–H groups in total. The molecule has 4 rings (SSSR count). The van der Waals surface area contributed by atoms with Crippen LogP contribution in [0.5, 0.6) is 0 Å². The molecule has 2 unspecified atom stereocenters. The van der Waals surface area contributed by atoms with Gasteiger partial charge in [0.2, 0.25) is 0 Å². The summed E-state index contributed by atoms with van der Waals surface area (Å²) in [5.74, 6) is 0.512. The molecular formula is C23H28F3N3. The van der Waals surface area contributed by atoms with E-state index in [2.05, 4.69) is 34.3 Å². The van der Waals surface area contributed by atoms with Crippen LogP contribution in [0.3, 0.4) is 0 Å². The van der Waals surface area contributed by atoms with E-state index in [1.54, 1.807) is 6.07 Å². The highest BCUT2D eigenvalue weighted by atomic mass is 19.4. The van der Waals surface area contributed by atoms with Crippen molar-refractivity contribution in [1.82, 2.24) is 15.1 Å². The summed E-state index contributed by atoms with van der Waals surface area (Å²) < 4.78 is 38.8. The summed E-state index contributed by atoms with van der Waals surface area (Å²) in [5.41, 5.74) is 2.08. The Morgan fingerprint density at radius 1 is 0.966 bits per heavy atom. The summed E-state index contributed by atoms with van der Waals surface area (Å²) in [6.45, 7) is 6.67. The molecule has 1 saturated carbocycles. The lowest BCUT2D eigenvalue weighted by Gasteiger charge is -2.32. The number of hydrogen-bond donors (Lipinski definition) is 1. The molecule has 1 heterocycles. The van der Waals surface area contributed by atoms with Crippen molar-refractivity contribution >= 4 is 0 Å². The minimum Gasteiger partial charge on any atom is -0.312 e. The molecule has 6 heteroatoms. The lowest BCUT2D eigenvalue weighted by molar-refractivity contribution is -0.137. The third kappa shape index (κ3) is 5.18. The Balaban J connectivity index is 1.28. The van der Waals surface area contributed by atoms with Crippen molar-refractivity contribution in [2.45, 2.75) is 24.6 Å². The second-order valence-electron chi connectivity index (χ2n) is 8.25. The molecule has 2 atom stereocenters. The van der Waals surface area contributed by atoms with Crippen LogP contribution in [0, 0.1) is 0 Å². The van der Waals surface area contributed by atoms with E-state index in [4.69, 9.17) is 0 Å². The summed E-state index contributed by atoms with van der Waals surface area (Å²) in [7, 11) is 2.17. The van der Waals surface area contributed by atoms with Crippen molar-refractivity contribution in [2.24, 2.45) is 0 Å². The van der Waals surface area contributed by atoms with Gasteiger partial charge in [-0.05, 0) is 42.3 Å². The summed E-state index contributed by atoms with van der Waals surface area (Å²) in [5, 5.41) is 3.65. The molecule has 2 aromatic rings. The zero-order valence-corrected chi connectivity index (χ0v) is 16.8. The van der Waals surface area contributed by atoms with Gasteiger partial charge in [-0.2, -0.15) is 13.2 Å². The first-order chi connectivity index (χ1) is 13.9. The molecule has 1 aliphatic heterocycles. The van der Waals surface area contributed by atoms with Gasteiger partial charge in [0.05, 0.1) is 5.56 Å². The predicted molar refractivity (Wildman–Crippen MR) is 110 cm³/mol. The molecule has 0 spiro atoms. The lowest BCUT2D eigenvalue weighted by atomic mass is 10.0. The second kappa shape index (κ2) is 8.46. The first-order valence-electron chi connectivity index (χ1n) is 10.3. The molecule has 2 aliphatic rings. The van der Waals surface area contributed by atoms with Gasteiger partial charge in [-0.1, -0.05) is 36.4 Å². The molecule has 156 valence electrons. The van der Waals surface area contributed by atoms with Crippen LogP contribution in [0.25, 0.3) is 11.1 Å². The quantitative estimate of drug-likeness (QED) is 0.785. The van der Waals surface area contributed by atoms with E-state index >= 15 is 0 Å². The van der Waals surface area contributed by atoms with Gasteiger partial charge in [-0.15, -0.1) is 0 Å². The first-order valence-corrected chi connectivity index (χ1v) is 10.3. The molecule has 0 aromatic heterocycles. The summed E-state index contributed by atoms with van der Waals surface area (Å²) in [4.78, 5) is 4.87. The SMILES string of the molecule is CN1CCN(CCNC2CC2c2ccc(-c3cccc(C(F)(F)F)c3)cc2)CC1. The van der Waals surface area contributed by atoms with E-state index in [9.17, 15) is 13.2 Å². The van der Waals surface area contributed by atoms with Crippen LogP contribution >= 0.6 is 0 Å². The zero-order valence-electron chi connectivity index (χ0n) is 16.8. The van der Waals surface area contributed by atoms with Gasteiger partial charge in [0.25, 0.3) is 0 Å². The Morgan fingerprint density at radius 3 is 2.38 bits per heavy atom. The normalized spacial score (nSPS) is 23.3. The van der Waals surface area contributed by atoms with Crippen LogP contribution in [0.1, 0.15) is 23.5 Å². The van der Waals surface area contributed by atoms with Crippen molar-refractivity contribution < 1.29 is 13.2 Å². The third-order valence-corrected chi connectivity index (χ3v) is 6.08. The van der Waals surface area contributed by atoms with Crippen LogP contribution in [0.4, 0.5) is 13.2 Å². The summed E-state index contributed by atoms with van der Waals surface area (Å²) in [6.07, 6.45) is -3.18. The standard InChI is InChI=1S/C23H28F3N3/c1-28-11-13-29(14-12-28)10-9-27-22-16-21(22)18-7-5-17(6-8-18)19-3-2-4-20(15-19)23(24,25)26/h2-8,15,21-22,27H,9-14,16H2,1H3. The van der Waals surface area contributed by atoms with Crippen LogP contribution in [-0.4, -0.2) is 62.2 Å². The van der Waals surface area contributed by atoms with Gasteiger partial charge < -0.3 is 10.2 Å². The predicted octanol–water partition coefficient (Wildman–Crippen LogP) is 4.07. The van der Waals surface area contributed by atoms with Crippen LogP contribution in [0.15, 0.2) is 48.5 Å². The highest BCUT2D eigenvalue weighted by Crippen LogP contribution is 2.41. The minimum absolute atomic E-state index is 0.512. The second-order valence-corrected chi connectivity index (χ2v) is 8.25. The van der Waals surface area contributed by atoms with Gasteiger partial charge >= 0.3 is 6.18 Å². The van der Waals surface area contributed by atoms with Gasteiger partial charge in [0.1, 0.15) is 0 Å². The average molecular weight is 403 g/mol. The summed E-state index contributed by atoms with van der Waals surface area (Å²) >= 11 is 0. The number of piperazine rings is 1. The Morgan fingerprint density at radius 2 is 1.69 bits per heavy atom. The maximum Gasteiger partial charge on any atom is 0.416 e. The number of benzene rings is 2. The van der Waals surface area contributed by atoms with E-state index in [0.717, 1.165) is 57.3 Å². The maximum atomic E-state index is 12.9. The van der Waals surface area contributed by atoms with Gasteiger partial charge in [-0.25, -0.2) is 0 Å². The highest BCUT2D eigenvalue weighted by molar-refractivity contribution is 5.65. The maximum absolute atomic E-state index is 12.9. The van der Waals surface area contributed by atoms with E-state index < -0.39 is 11.7 Å². The lowest BCUT2D eigenvalue weighted by Crippen LogP contribution is -2.46. The molecule has 1 aliphatic carbocycles. The first kappa shape index (κ1) is 20.4. The molecule has 2 fully saturated rings. The van der Waals surface area contributed by atoms with Crippen molar-refractivity contribution in [1.29, 1.82) is 0 Å². The fourth-order valence-electron chi connectivity index (χ4n) is 4.07. The molecule has 2 aromatic carbocycles. The Bertz CT molecular complexity index is 811. The summed E-state index contributed by atoms with van der Waals surface area (Å²) in [6, 6.07) is 14.0. The van der Waals surface area contributed by atoms with E-state index in [0.29, 0.717) is 17.5 Å². The van der Waals surface area contributed by atoms with Gasteiger partial charge in [0, 0.05) is 51.2 Å².